The fourth-order valence-corrected chi connectivity index (χ4v) is 3.24. The van der Waals surface area contributed by atoms with Crippen LogP contribution < -0.4 is 5.32 Å². The summed E-state index contributed by atoms with van der Waals surface area (Å²) in [6.45, 7) is 4.95. The Labute approximate surface area is 138 Å². The highest BCUT2D eigenvalue weighted by molar-refractivity contribution is 6.02. The Morgan fingerprint density at radius 2 is 1.74 bits per heavy atom. The molecule has 3 rings (SSSR count). The highest BCUT2D eigenvalue weighted by Crippen LogP contribution is 2.35. The van der Waals surface area contributed by atoms with Crippen LogP contribution in [0.3, 0.4) is 0 Å². The van der Waals surface area contributed by atoms with Crippen LogP contribution in [0, 0.1) is 0 Å². The summed E-state index contributed by atoms with van der Waals surface area (Å²) >= 11 is 0. The van der Waals surface area contributed by atoms with Crippen LogP contribution in [-0.4, -0.2) is 16.5 Å². The lowest BCUT2D eigenvalue weighted by atomic mass is 9.95. The van der Waals surface area contributed by atoms with E-state index in [4.69, 9.17) is 0 Å². The second kappa shape index (κ2) is 6.45. The fourth-order valence-electron chi connectivity index (χ4n) is 3.24. The van der Waals surface area contributed by atoms with E-state index in [1.807, 2.05) is 47.4 Å². The number of para-hydroxylation sites is 1. The SMILES string of the molecule is CCCCC1(C)Nc2ccccc2C(=O)N1Cc1ccccc1. The number of benzene rings is 2. The van der Waals surface area contributed by atoms with E-state index in [0.29, 0.717) is 6.54 Å². The molecule has 0 radical (unpaired) electrons. The Morgan fingerprint density at radius 3 is 2.48 bits per heavy atom. The van der Waals surface area contributed by atoms with Crippen molar-refractivity contribution in [3.05, 3.63) is 65.7 Å². The van der Waals surface area contributed by atoms with Gasteiger partial charge in [0.2, 0.25) is 0 Å². The van der Waals surface area contributed by atoms with E-state index >= 15 is 0 Å². The van der Waals surface area contributed by atoms with E-state index in [1.165, 1.54) is 0 Å². The molecule has 0 fully saturated rings. The number of nitrogens with zero attached hydrogens (tertiary/aromatic N) is 1. The first-order chi connectivity index (χ1) is 11.1. The predicted octanol–water partition coefficient (Wildman–Crippen LogP) is 4.66. The quantitative estimate of drug-likeness (QED) is 0.871. The van der Waals surface area contributed by atoms with Crippen molar-refractivity contribution in [2.75, 3.05) is 5.32 Å². The molecule has 1 amide bonds. The Hall–Kier alpha value is -2.29. The van der Waals surface area contributed by atoms with E-state index in [9.17, 15) is 4.79 Å². The molecule has 0 saturated heterocycles. The summed E-state index contributed by atoms with van der Waals surface area (Å²) in [7, 11) is 0. The highest BCUT2D eigenvalue weighted by atomic mass is 16.2. The van der Waals surface area contributed by atoms with Gasteiger partial charge in [0.1, 0.15) is 5.66 Å². The summed E-state index contributed by atoms with van der Waals surface area (Å²) in [5, 5.41) is 3.61. The number of fused-ring (bicyclic) bond motifs is 1. The number of anilines is 1. The smallest absolute Gasteiger partial charge is 0.258 e. The number of carbonyl (C=O) groups excluding carboxylic acids is 1. The number of hydrogen-bond acceptors (Lipinski definition) is 2. The van der Waals surface area contributed by atoms with Gasteiger partial charge in [0.15, 0.2) is 0 Å². The first-order valence-electron chi connectivity index (χ1n) is 8.37. The maximum atomic E-state index is 13.1. The summed E-state index contributed by atoms with van der Waals surface area (Å²) < 4.78 is 0. The van der Waals surface area contributed by atoms with Crippen LogP contribution in [0.5, 0.6) is 0 Å². The van der Waals surface area contributed by atoms with Crippen LogP contribution in [-0.2, 0) is 6.54 Å². The molecule has 0 aliphatic carbocycles. The van der Waals surface area contributed by atoms with Gasteiger partial charge < -0.3 is 10.2 Å². The van der Waals surface area contributed by atoms with Crippen molar-refractivity contribution >= 4 is 11.6 Å². The number of unbranched alkanes of at least 4 members (excludes halogenated alkanes) is 1. The zero-order valence-corrected chi connectivity index (χ0v) is 13.9. The largest absolute Gasteiger partial charge is 0.362 e. The van der Waals surface area contributed by atoms with Gasteiger partial charge in [0.25, 0.3) is 5.91 Å². The normalized spacial score (nSPS) is 20.1. The molecule has 1 N–H and O–H groups in total. The Bertz CT molecular complexity index is 683. The summed E-state index contributed by atoms with van der Waals surface area (Å²) in [4.78, 5) is 15.1. The van der Waals surface area contributed by atoms with E-state index in [2.05, 4.69) is 31.3 Å². The van der Waals surface area contributed by atoms with Gasteiger partial charge in [0.05, 0.1) is 5.56 Å². The van der Waals surface area contributed by atoms with E-state index in [1.54, 1.807) is 0 Å². The maximum Gasteiger partial charge on any atom is 0.258 e. The van der Waals surface area contributed by atoms with Crippen LogP contribution >= 0.6 is 0 Å². The highest BCUT2D eigenvalue weighted by Gasteiger charge is 2.40. The van der Waals surface area contributed by atoms with Gasteiger partial charge in [-0.15, -0.1) is 0 Å². The number of hydrogen-bond donors (Lipinski definition) is 1. The van der Waals surface area contributed by atoms with Crippen molar-refractivity contribution in [1.82, 2.24) is 4.90 Å². The van der Waals surface area contributed by atoms with E-state index < -0.39 is 0 Å². The summed E-state index contributed by atoms with van der Waals surface area (Å²) in [6.07, 6.45) is 3.15. The Kier molecular flexibility index (Phi) is 4.37. The third-order valence-corrected chi connectivity index (χ3v) is 4.60. The van der Waals surface area contributed by atoms with Gasteiger partial charge >= 0.3 is 0 Å². The number of carbonyl (C=O) groups is 1. The molecule has 3 heteroatoms. The van der Waals surface area contributed by atoms with Gasteiger partial charge in [0, 0.05) is 12.2 Å². The standard InChI is InChI=1S/C20H24N2O/c1-3-4-14-20(2)21-18-13-9-8-12-17(18)19(23)22(20)15-16-10-6-5-7-11-16/h5-13,21H,3-4,14-15H2,1-2H3. The van der Waals surface area contributed by atoms with Crippen LogP contribution in [0.25, 0.3) is 0 Å². The lowest BCUT2D eigenvalue weighted by molar-refractivity contribution is 0.0492. The minimum Gasteiger partial charge on any atom is -0.362 e. The minimum absolute atomic E-state index is 0.113. The molecule has 1 atom stereocenters. The molecule has 0 spiro atoms. The topological polar surface area (TPSA) is 32.3 Å². The summed E-state index contributed by atoms with van der Waals surface area (Å²) in [5.41, 5.74) is 2.51. The third-order valence-electron chi connectivity index (χ3n) is 4.60. The van der Waals surface area contributed by atoms with E-state index in [0.717, 1.165) is 36.1 Å². The Morgan fingerprint density at radius 1 is 1.04 bits per heavy atom. The monoisotopic (exact) mass is 308 g/mol. The molecule has 2 aromatic rings. The first-order valence-corrected chi connectivity index (χ1v) is 8.37. The van der Waals surface area contributed by atoms with Crippen LogP contribution in [0.1, 0.15) is 49.0 Å². The van der Waals surface area contributed by atoms with Crippen molar-refractivity contribution in [1.29, 1.82) is 0 Å². The average Bonchev–Trinajstić information content (AvgIpc) is 2.58. The number of amides is 1. The zero-order valence-electron chi connectivity index (χ0n) is 13.9. The van der Waals surface area contributed by atoms with Crippen LogP contribution in [0.15, 0.2) is 54.6 Å². The Balaban J connectivity index is 1.96. The number of rotatable bonds is 5. The predicted molar refractivity (Wildman–Crippen MR) is 94.3 cm³/mol. The van der Waals surface area contributed by atoms with Crippen molar-refractivity contribution in [2.24, 2.45) is 0 Å². The van der Waals surface area contributed by atoms with Gasteiger partial charge in [-0.25, -0.2) is 0 Å². The van der Waals surface area contributed by atoms with E-state index in [-0.39, 0.29) is 11.6 Å². The molecule has 0 saturated carbocycles. The molecule has 1 unspecified atom stereocenters. The molecule has 120 valence electrons. The summed E-state index contributed by atoms with van der Waals surface area (Å²) in [6, 6.07) is 18.0. The third kappa shape index (κ3) is 3.09. The molecule has 1 aliphatic rings. The minimum atomic E-state index is -0.350. The first kappa shape index (κ1) is 15.6. The maximum absolute atomic E-state index is 13.1. The van der Waals surface area contributed by atoms with Crippen LogP contribution in [0.4, 0.5) is 5.69 Å². The molecule has 0 aromatic heterocycles. The molecule has 1 aliphatic heterocycles. The molecule has 1 heterocycles. The van der Waals surface area contributed by atoms with Gasteiger partial charge in [-0.3, -0.25) is 4.79 Å². The summed E-state index contributed by atoms with van der Waals surface area (Å²) in [5.74, 6) is 0.113. The van der Waals surface area contributed by atoms with Crippen molar-refractivity contribution in [3.63, 3.8) is 0 Å². The molecule has 0 bridgehead atoms. The average molecular weight is 308 g/mol. The fraction of sp³-hybridized carbons (Fsp3) is 0.350. The molecule has 23 heavy (non-hydrogen) atoms. The zero-order chi connectivity index (χ0) is 16.3. The van der Waals surface area contributed by atoms with Crippen molar-refractivity contribution < 1.29 is 4.79 Å². The van der Waals surface area contributed by atoms with Crippen LogP contribution in [0.2, 0.25) is 0 Å². The second-order valence-corrected chi connectivity index (χ2v) is 6.42. The van der Waals surface area contributed by atoms with Crippen molar-refractivity contribution in [3.8, 4) is 0 Å². The molecular formula is C20H24N2O. The van der Waals surface area contributed by atoms with Gasteiger partial charge in [-0.2, -0.15) is 0 Å². The number of nitrogens with one attached hydrogen (secondary N) is 1. The van der Waals surface area contributed by atoms with Crippen molar-refractivity contribution in [2.45, 2.75) is 45.3 Å². The lowest BCUT2D eigenvalue weighted by Crippen LogP contribution is -2.57. The van der Waals surface area contributed by atoms with Gasteiger partial charge in [-0.05, 0) is 37.5 Å². The molecular weight excluding hydrogens is 284 g/mol. The molecule has 2 aromatic carbocycles. The van der Waals surface area contributed by atoms with Gasteiger partial charge in [-0.1, -0.05) is 55.8 Å². The lowest BCUT2D eigenvalue weighted by Gasteiger charge is -2.46. The molecule has 3 nitrogen and oxygen atoms in total. The second-order valence-electron chi connectivity index (χ2n) is 6.42.